The molecule has 0 aliphatic rings. The molecule has 0 rings (SSSR count). The van der Waals surface area contributed by atoms with E-state index in [1.54, 1.807) is 0 Å². The van der Waals surface area contributed by atoms with Crippen LogP contribution in [0.4, 0.5) is 0 Å². The van der Waals surface area contributed by atoms with Gasteiger partial charge < -0.3 is 18.3 Å². The van der Waals surface area contributed by atoms with Gasteiger partial charge in [-0.2, -0.15) is 0 Å². The number of esters is 2. The highest BCUT2D eigenvalue weighted by Gasteiger charge is 2.66. The second-order valence-corrected chi connectivity index (χ2v) is 18.9. The topological polar surface area (TPSA) is 71.1 Å². The van der Waals surface area contributed by atoms with Crippen LogP contribution in [0.1, 0.15) is 67.2 Å². The molecule has 0 spiro atoms. The average Bonchev–Trinajstić information content (AvgIpc) is 2.61. The average molecular weight is 463 g/mol. The van der Waals surface area contributed by atoms with Crippen LogP contribution in [0.5, 0.6) is 0 Å². The fourth-order valence-electron chi connectivity index (χ4n) is 3.35. The molecule has 0 saturated carbocycles. The first kappa shape index (κ1) is 29.3. The van der Waals surface area contributed by atoms with E-state index in [0.717, 1.165) is 0 Å². The molecular weight excluding hydrogens is 416 g/mol. The Labute approximate surface area is 186 Å². The summed E-state index contributed by atoms with van der Waals surface area (Å²) in [7, 11) is -4.61. The molecule has 4 unspecified atom stereocenters. The number of carbonyl (C=O) groups excluding carboxylic acids is 2. The van der Waals surface area contributed by atoms with Crippen LogP contribution in [0.3, 0.4) is 0 Å². The van der Waals surface area contributed by atoms with Crippen LogP contribution >= 0.6 is 0 Å². The standard InChI is InChI=1S/C22H46O6Si2/c1-13-17(5)25-19(23)21(15-3,27-29(7,8)9)22(16-4,28-30(10,11)12)20(24)26-18(6)14-2/h17-18H,13-16H2,1-12H3. The summed E-state index contributed by atoms with van der Waals surface area (Å²) >= 11 is 0. The highest BCUT2D eigenvalue weighted by molar-refractivity contribution is 6.70. The van der Waals surface area contributed by atoms with E-state index in [1.165, 1.54) is 0 Å². The Kier molecular flexibility index (Phi) is 11.0. The molecule has 0 aliphatic heterocycles. The van der Waals surface area contributed by atoms with Gasteiger partial charge in [-0.1, -0.05) is 27.7 Å². The molecule has 0 fully saturated rings. The summed E-state index contributed by atoms with van der Waals surface area (Å²) < 4.78 is 24.7. The zero-order valence-corrected chi connectivity index (χ0v) is 23.4. The van der Waals surface area contributed by atoms with Gasteiger partial charge in [0.2, 0.25) is 0 Å². The van der Waals surface area contributed by atoms with Crippen LogP contribution in [-0.2, 0) is 27.9 Å². The zero-order chi connectivity index (χ0) is 24.0. The number of hydrogen-bond donors (Lipinski definition) is 0. The monoisotopic (exact) mass is 462 g/mol. The van der Waals surface area contributed by atoms with Gasteiger partial charge in [0.05, 0.1) is 12.2 Å². The molecule has 0 amide bonds. The predicted molar refractivity (Wildman–Crippen MR) is 127 cm³/mol. The Morgan fingerprint density at radius 1 is 0.667 bits per heavy atom. The van der Waals surface area contributed by atoms with E-state index < -0.39 is 39.8 Å². The molecule has 0 aromatic heterocycles. The fraction of sp³-hybridized carbons (Fsp3) is 0.909. The van der Waals surface area contributed by atoms with Crippen molar-refractivity contribution in [2.24, 2.45) is 0 Å². The molecular formula is C22H46O6Si2. The summed E-state index contributed by atoms with van der Waals surface area (Å²) in [6, 6.07) is 0. The summed E-state index contributed by atoms with van der Waals surface area (Å²) in [4.78, 5) is 27.4. The van der Waals surface area contributed by atoms with Crippen molar-refractivity contribution < 1.29 is 27.9 Å². The molecule has 0 aromatic carbocycles. The van der Waals surface area contributed by atoms with Gasteiger partial charge in [0.1, 0.15) is 0 Å². The highest BCUT2D eigenvalue weighted by atomic mass is 28.4. The molecule has 0 aliphatic carbocycles. The van der Waals surface area contributed by atoms with Crippen LogP contribution in [0.25, 0.3) is 0 Å². The van der Waals surface area contributed by atoms with E-state index in [2.05, 4.69) is 0 Å². The van der Waals surface area contributed by atoms with Crippen LogP contribution in [-0.4, -0.2) is 52.0 Å². The minimum Gasteiger partial charge on any atom is -0.460 e. The van der Waals surface area contributed by atoms with Crippen molar-refractivity contribution in [2.75, 3.05) is 0 Å². The number of rotatable bonds is 13. The predicted octanol–water partition coefficient (Wildman–Crippen LogP) is 5.67. The molecule has 30 heavy (non-hydrogen) atoms. The summed E-state index contributed by atoms with van der Waals surface area (Å²) in [6.07, 6.45) is 1.26. The molecule has 4 atom stereocenters. The number of carbonyl (C=O) groups is 2. The number of hydrogen-bond acceptors (Lipinski definition) is 6. The minimum atomic E-state index is -2.31. The van der Waals surface area contributed by atoms with Crippen molar-refractivity contribution in [1.82, 2.24) is 0 Å². The Morgan fingerprint density at radius 2 is 0.933 bits per heavy atom. The zero-order valence-electron chi connectivity index (χ0n) is 21.4. The normalized spacial score (nSPS) is 18.7. The molecule has 0 radical (unpaired) electrons. The lowest BCUT2D eigenvalue weighted by molar-refractivity contribution is -0.212. The lowest BCUT2D eigenvalue weighted by atomic mass is 9.78. The third kappa shape index (κ3) is 7.46. The van der Waals surface area contributed by atoms with Crippen molar-refractivity contribution in [3.05, 3.63) is 0 Å². The van der Waals surface area contributed by atoms with Crippen molar-refractivity contribution >= 4 is 28.6 Å². The van der Waals surface area contributed by atoms with Gasteiger partial charge in [-0.3, -0.25) is 0 Å². The Bertz CT molecular complexity index is 519. The Hall–Kier alpha value is -0.706. The maximum absolute atomic E-state index is 13.7. The first-order chi connectivity index (χ1) is 13.5. The quantitative estimate of drug-likeness (QED) is 0.259. The lowest BCUT2D eigenvalue weighted by Gasteiger charge is -2.50. The summed E-state index contributed by atoms with van der Waals surface area (Å²) in [5, 5.41) is 0. The van der Waals surface area contributed by atoms with Crippen molar-refractivity contribution in [2.45, 2.75) is 130 Å². The van der Waals surface area contributed by atoms with Gasteiger partial charge in [-0.05, 0) is 78.8 Å². The molecule has 0 aromatic rings. The summed E-state index contributed by atoms with van der Waals surface area (Å²) in [6.45, 7) is 23.3. The molecule has 0 heterocycles. The Balaban J connectivity index is 6.89. The van der Waals surface area contributed by atoms with Crippen LogP contribution < -0.4 is 0 Å². The Morgan fingerprint density at radius 3 is 1.10 bits per heavy atom. The highest BCUT2D eigenvalue weighted by Crippen LogP contribution is 2.43. The van der Waals surface area contributed by atoms with E-state index in [0.29, 0.717) is 12.8 Å². The maximum Gasteiger partial charge on any atom is 0.341 e. The second-order valence-electron chi connectivity index (χ2n) is 10.0. The van der Waals surface area contributed by atoms with Crippen LogP contribution in [0, 0.1) is 0 Å². The van der Waals surface area contributed by atoms with E-state index in [4.69, 9.17) is 18.3 Å². The van der Waals surface area contributed by atoms with Gasteiger partial charge in [-0.15, -0.1) is 0 Å². The molecule has 6 nitrogen and oxygen atoms in total. The van der Waals surface area contributed by atoms with Crippen LogP contribution in [0.2, 0.25) is 39.3 Å². The third-order valence-electron chi connectivity index (χ3n) is 5.03. The van der Waals surface area contributed by atoms with Gasteiger partial charge >= 0.3 is 11.9 Å². The number of ether oxygens (including phenoxy) is 2. The summed E-state index contributed by atoms with van der Waals surface area (Å²) in [5.41, 5.74) is -3.14. The van der Waals surface area contributed by atoms with Gasteiger partial charge in [-0.25, -0.2) is 9.59 Å². The van der Waals surface area contributed by atoms with Crippen molar-refractivity contribution in [3.63, 3.8) is 0 Å². The van der Waals surface area contributed by atoms with Gasteiger partial charge in [0, 0.05) is 0 Å². The molecule has 8 heteroatoms. The van der Waals surface area contributed by atoms with Crippen LogP contribution in [0.15, 0.2) is 0 Å². The van der Waals surface area contributed by atoms with E-state index in [1.807, 2.05) is 80.8 Å². The SMILES string of the molecule is CCC(C)OC(=O)C(CC)(O[Si](C)(C)C)C(CC)(O[Si](C)(C)C)C(=O)OC(C)CC. The van der Waals surface area contributed by atoms with E-state index >= 15 is 0 Å². The van der Waals surface area contributed by atoms with E-state index in [-0.39, 0.29) is 25.0 Å². The van der Waals surface area contributed by atoms with E-state index in [9.17, 15) is 9.59 Å². The minimum absolute atomic E-state index is 0.250. The largest absolute Gasteiger partial charge is 0.460 e. The van der Waals surface area contributed by atoms with Gasteiger partial charge in [0.25, 0.3) is 0 Å². The molecule has 0 saturated heterocycles. The molecule has 178 valence electrons. The molecule has 0 N–H and O–H groups in total. The second kappa shape index (κ2) is 11.2. The fourth-order valence-corrected chi connectivity index (χ4v) is 6.23. The van der Waals surface area contributed by atoms with Gasteiger partial charge in [0.15, 0.2) is 27.8 Å². The maximum atomic E-state index is 13.7. The first-order valence-corrected chi connectivity index (χ1v) is 18.2. The van der Waals surface area contributed by atoms with Crippen molar-refractivity contribution in [1.29, 1.82) is 0 Å². The third-order valence-corrected chi connectivity index (χ3v) is 6.96. The smallest absolute Gasteiger partial charge is 0.341 e. The first-order valence-electron chi connectivity index (χ1n) is 11.4. The lowest BCUT2D eigenvalue weighted by Crippen LogP contribution is -2.71. The molecule has 0 bridgehead atoms. The summed E-state index contributed by atoms with van der Waals surface area (Å²) in [5.74, 6) is -1.08. The van der Waals surface area contributed by atoms with Crippen molar-refractivity contribution in [3.8, 4) is 0 Å².